The Morgan fingerprint density at radius 3 is 2.53 bits per heavy atom. The van der Waals surface area contributed by atoms with E-state index in [9.17, 15) is 13.6 Å². The van der Waals surface area contributed by atoms with Gasteiger partial charge in [0.1, 0.15) is 40.2 Å². The number of fused-ring (bicyclic) bond motifs is 2. The van der Waals surface area contributed by atoms with Crippen LogP contribution >= 0.6 is 0 Å². The van der Waals surface area contributed by atoms with Crippen molar-refractivity contribution in [3.05, 3.63) is 83.4 Å². The Kier molecular flexibility index (Phi) is 5.65. The number of carbonyl (C=O) groups excluding carboxylic acids is 1. The third kappa shape index (κ3) is 3.85. The molecule has 6 nitrogen and oxygen atoms in total. The number of carbonyl (C=O) groups is 1. The fourth-order valence-corrected chi connectivity index (χ4v) is 4.37. The van der Waals surface area contributed by atoms with Crippen LogP contribution < -0.4 is 9.47 Å². The van der Waals surface area contributed by atoms with Crippen LogP contribution in [0.4, 0.5) is 14.5 Å². The van der Waals surface area contributed by atoms with Gasteiger partial charge in [0.25, 0.3) is 5.91 Å². The second-order valence-corrected chi connectivity index (χ2v) is 8.26. The van der Waals surface area contributed by atoms with Crippen LogP contribution in [0, 0.1) is 11.6 Å². The van der Waals surface area contributed by atoms with E-state index in [1.165, 1.54) is 11.0 Å². The molecule has 1 fully saturated rings. The molecule has 34 heavy (non-hydrogen) atoms. The van der Waals surface area contributed by atoms with Gasteiger partial charge < -0.3 is 19.3 Å². The summed E-state index contributed by atoms with van der Waals surface area (Å²) in [5.41, 5.74) is 0.932. The van der Waals surface area contributed by atoms with E-state index in [2.05, 4.69) is 4.90 Å². The molecule has 0 N–H and O–H groups in total. The smallest absolute Gasteiger partial charge is 0.260 e. The van der Waals surface area contributed by atoms with Crippen LogP contribution in [0.3, 0.4) is 0 Å². The zero-order valence-corrected chi connectivity index (χ0v) is 18.8. The van der Waals surface area contributed by atoms with Crippen molar-refractivity contribution in [3.63, 3.8) is 0 Å². The van der Waals surface area contributed by atoms with E-state index in [0.29, 0.717) is 41.9 Å². The number of amides is 1. The topological polar surface area (TPSA) is 54.4 Å². The summed E-state index contributed by atoms with van der Waals surface area (Å²) in [6.45, 7) is 3.01. The van der Waals surface area contributed by atoms with Crippen molar-refractivity contribution in [1.82, 2.24) is 9.80 Å². The average Bonchev–Trinajstić information content (AvgIpc) is 3.00. The molecule has 0 aliphatic carbocycles. The Labute approximate surface area is 196 Å². The summed E-state index contributed by atoms with van der Waals surface area (Å²) in [6, 6.07) is 16.2. The first-order valence-electron chi connectivity index (χ1n) is 11.0. The summed E-state index contributed by atoms with van der Waals surface area (Å²) < 4.78 is 40.0. The molecule has 174 valence electrons. The van der Waals surface area contributed by atoms with Gasteiger partial charge in [0.15, 0.2) is 5.75 Å². The number of para-hydroxylation sites is 2. The standard InChI is InChI=1S/C26H23F2N3O3/c1-16-15-30(12-13-31(16)26(32)24-19(27)6-5-7-20(24)28)25-18-14-17(33-2)10-11-22(18)34-23-9-4-3-8-21(23)29-25/h3-11,14,16H,12-13,15H2,1-2H3. The Morgan fingerprint density at radius 2 is 1.79 bits per heavy atom. The lowest BCUT2D eigenvalue weighted by Gasteiger charge is -2.41. The van der Waals surface area contributed by atoms with Gasteiger partial charge in [-0.15, -0.1) is 0 Å². The first kappa shape index (κ1) is 21.9. The van der Waals surface area contributed by atoms with Crippen LogP contribution in [0.25, 0.3) is 0 Å². The number of benzene rings is 3. The van der Waals surface area contributed by atoms with Crippen molar-refractivity contribution in [1.29, 1.82) is 0 Å². The van der Waals surface area contributed by atoms with E-state index in [4.69, 9.17) is 14.5 Å². The molecule has 0 saturated carbocycles. The van der Waals surface area contributed by atoms with Crippen molar-refractivity contribution in [2.45, 2.75) is 13.0 Å². The van der Waals surface area contributed by atoms with Crippen LogP contribution in [-0.2, 0) is 0 Å². The zero-order valence-electron chi connectivity index (χ0n) is 18.8. The molecule has 0 aromatic heterocycles. The molecule has 1 saturated heterocycles. The quantitative estimate of drug-likeness (QED) is 0.537. The Bertz CT molecular complexity index is 1270. The summed E-state index contributed by atoms with van der Waals surface area (Å²) in [4.78, 5) is 21.5. The predicted octanol–water partition coefficient (Wildman–Crippen LogP) is 5.00. The van der Waals surface area contributed by atoms with Gasteiger partial charge in [-0.1, -0.05) is 18.2 Å². The number of amidine groups is 1. The molecule has 3 aromatic rings. The zero-order chi connectivity index (χ0) is 23.8. The van der Waals surface area contributed by atoms with Gasteiger partial charge in [0.05, 0.1) is 12.7 Å². The van der Waals surface area contributed by atoms with E-state index in [-0.39, 0.29) is 12.6 Å². The van der Waals surface area contributed by atoms with Gasteiger partial charge >= 0.3 is 0 Å². The number of piperazine rings is 1. The largest absolute Gasteiger partial charge is 0.497 e. The van der Waals surface area contributed by atoms with Crippen molar-refractivity contribution >= 4 is 17.4 Å². The first-order valence-corrected chi connectivity index (χ1v) is 11.0. The first-order chi connectivity index (χ1) is 16.5. The third-order valence-electron chi connectivity index (χ3n) is 6.10. The van der Waals surface area contributed by atoms with E-state index in [0.717, 1.165) is 17.7 Å². The number of methoxy groups -OCH3 is 1. The lowest BCUT2D eigenvalue weighted by atomic mass is 10.1. The van der Waals surface area contributed by atoms with Crippen molar-refractivity contribution in [2.24, 2.45) is 4.99 Å². The molecular formula is C26H23F2N3O3. The minimum atomic E-state index is -0.859. The van der Waals surface area contributed by atoms with Gasteiger partial charge in [0, 0.05) is 25.7 Å². The molecule has 2 heterocycles. The van der Waals surface area contributed by atoms with Crippen molar-refractivity contribution < 1.29 is 23.0 Å². The van der Waals surface area contributed by atoms with Crippen LogP contribution in [0.1, 0.15) is 22.8 Å². The number of halogens is 2. The summed E-state index contributed by atoms with van der Waals surface area (Å²) in [6.07, 6.45) is 0. The highest BCUT2D eigenvalue weighted by molar-refractivity contribution is 6.04. The number of aliphatic imine (C=N–C) groups is 1. The summed E-state index contributed by atoms with van der Waals surface area (Å²) in [5.74, 6) is 0.268. The van der Waals surface area contributed by atoms with Crippen molar-refractivity contribution in [3.8, 4) is 17.2 Å². The molecule has 2 aliphatic rings. The van der Waals surface area contributed by atoms with Gasteiger partial charge in [-0.05, 0) is 49.4 Å². The highest BCUT2D eigenvalue weighted by Crippen LogP contribution is 2.39. The molecular weight excluding hydrogens is 440 g/mol. The highest BCUT2D eigenvalue weighted by atomic mass is 19.1. The van der Waals surface area contributed by atoms with Crippen LogP contribution in [0.2, 0.25) is 0 Å². The SMILES string of the molecule is COc1ccc2c(c1)C(N1CCN(C(=O)c3c(F)cccc3F)C(C)C1)=Nc1ccccc1O2. The number of hydrogen-bond acceptors (Lipinski definition) is 5. The van der Waals surface area contributed by atoms with E-state index in [1.807, 2.05) is 49.4 Å². The minimum Gasteiger partial charge on any atom is -0.497 e. The Morgan fingerprint density at radius 1 is 1.03 bits per heavy atom. The molecule has 5 rings (SSSR count). The maximum absolute atomic E-state index is 14.2. The molecule has 1 unspecified atom stereocenters. The van der Waals surface area contributed by atoms with Crippen LogP contribution in [-0.4, -0.2) is 54.3 Å². The summed E-state index contributed by atoms with van der Waals surface area (Å²) >= 11 is 0. The number of nitrogens with zero attached hydrogens (tertiary/aromatic N) is 3. The van der Waals surface area contributed by atoms with Gasteiger partial charge in [-0.3, -0.25) is 4.79 Å². The molecule has 0 spiro atoms. The van der Waals surface area contributed by atoms with Gasteiger partial charge in [-0.2, -0.15) is 0 Å². The molecule has 0 bridgehead atoms. The maximum atomic E-state index is 14.2. The molecule has 8 heteroatoms. The Hall–Kier alpha value is -3.94. The maximum Gasteiger partial charge on any atom is 0.260 e. The second-order valence-electron chi connectivity index (χ2n) is 8.26. The van der Waals surface area contributed by atoms with E-state index in [1.54, 1.807) is 7.11 Å². The van der Waals surface area contributed by atoms with Gasteiger partial charge in [0.2, 0.25) is 0 Å². The summed E-state index contributed by atoms with van der Waals surface area (Å²) in [5, 5.41) is 0. The normalized spacial score (nSPS) is 17.2. The molecule has 1 atom stereocenters. The average molecular weight is 463 g/mol. The molecule has 3 aromatic carbocycles. The fourth-order valence-electron chi connectivity index (χ4n) is 4.37. The van der Waals surface area contributed by atoms with Gasteiger partial charge in [-0.25, -0.2) is 13.8 Å². The monoisotopic (exact) mass is 463 g/mol. The predicted molar refractivity (Wildman–Crippen MR) is 124 cm³/mol. The van der Waals surface area contributed by atoms with E-state index < -0.39 is 23.1 Å². The lowest BCUT2D eigenvalue weighted by Crippen LogP contribution is -2.55. The number of ether oxygens (including phenoxy) is 2. The number of hydrogen-bond donors (Lipinski definition) is 0. The molecule has 2 aliphatic heterocycles. The van der Waals surface area contributed by atoms with Crippen molar-refractivity contribution in [2.75, 3.05) is 26.7 Å². The van der Waals surface area contributed by atoms with E-state index >= 15 is 0 Å². The van der Waals surface area contributed by atoms with Crippen LogP contribution in [0.15, 0.2) is 65.7 Å². The second kappa shape index (κ2) is 8.78. The van der Waals surface area contributed by atoms with Crippen LogP contribution in [0.5, 0.6) is 17.2 Å². The number of rotatable bonds is 2. The summed E-state index contributed by atoms with van der Waals surface area (Å²) in [7, 11) is 1.60. The molecule has 0 radical (unpaired) electrons. The third-order valence-corrected chi connectivity index (χ3v) is 6.10. The molecule has 1 amide bonds. The Balaban J connectivity index is 1.48. The lowest BCUT2D eigenvalue weighted by molar-refractivity contribution is 0.0571. The highest BCUT2D eigenvalue weighted by Gasteiger charge is 2.34. The fraction of sp³-hybridized carbons (Fsp3) is 0.231. The minimum absolute atomic E-state index is 0.286.